The summed E-state index contributed by atoms with van der Waals surface area (Å²) in [5, 5.41) is 6.67. The van der Waals surface area contributed by atoms with Crippen molar-refractivity contribution in [3.05, 3.63) is 47.3 Å². The van der Waals surface area contributed by atoms with E-state index in [1.54, 1.807) is 0 Å². The second kappa shape index (κ2) is 6.37. The molecule has 0 atom stereocenters. The first-order chi connectivity index (χ1) is 9.54. The van der Waals surface area contributed by atoms with E-state index in [0.29, 0.717) is 6.04 Å². The maximum Gasteiger partial charge on any atom is 0.132 e. The number of aromatic nitrogens is 2. The summed E-state index contributed by atoms with van der Waals surface area (Å²) in [5.74, 6) is 2.48. The van der Waals surface area contributed by atoms with Crippen molar-refractivity contribution in [2.75, 3.05) is 10.6 Å². The van der Waals surface area contributed by atoms with Crippen LogP contribution in [0.1, 0.15) is 30.8 Å². The number of hydrogen-bond donors (Lipinski definition) is 2. The van der Waals surface area contributed by atoms with Gasteiger partial charge in [-0.3, -0.25) is 0 Å². The number of benzene rings is 1. The Hall–Kier alpha value is -2.10. The van der Waals surface area contributed by atoms with Gasteiger partial charge >= 0.3 is 0 Å². The van der Waals surface area contributed by atoms with Gasteiger partial charge in [0.2, 0.25) is 0 Å². The molecule has 0 aliphatic rings. The molecule has 0 saturated carbocycles. The number of hydrogen-bond acceptors (Lipinski definition) is 4. The molecule has 0 bridgehead atoms. The van der Waals surface area contributed by atoms with Crippen molar-refractivity contribution in [3.63, 3.8) is 0 Å². The maximum atomic E-state index is 4.42. The van der Waals surface area contributed by atoms with Crippen LogP contribution in [0.15, 0.2) is 30.3 Å². The maximum absolute atomic E-state index is 4.42. The molecule has 106 valence electrons. The number of rotatable bonds is 5. The van der Waals surface area contributed by atoms with Crippen LogP contribution in [0.25, 0.3) is 0 Å². The van der Waals surface area contributed by atoms with Crippen molar-refractivity contribution >= 4 is 11.6 Å². The Morgan fingerprint density at radius 1 is 1.05 bits per heavy atom. The SMILES string of the molecule is Cc1nc(NCc2ccccc2C)cc(NC(C)C)n1. The number of aryl methyl sites for hydroxylation is 2. The van der Waals surface area contributed by atoms with Crippen LogP contribution in [0.5, 0.6) is 0 Å². The summed E-state index contributed by atoms with van der Waals surface area (Å²) in [6, 6.07) is 10.7. The molecule has 2 N–H and O–H groups in total. The summed E-state index contributed by atoms with van der Waals surface area (Å²) < 4.78 is 0. The minimum atomic E-state index is 0.355. The van der Waals surface area contributed by atoms with Crippen LogP contribution >= 0.6 is 0 Å². The highest BCUT2D eigenvalue weighted by Gasteiger charge is 2.04. The van der Waals surface area contributed by atoms with Gasteiger partial charge in [-0.05, 0) is 38.8 Å². The second-order valence-corrected chi connectivity index (χ2v) is 5.26. The largest absolute Gasteiger partial charge is 0.368 e. The van der Waals surface area contributed by atoms with Crippen LogP contribution in [-0.2, 0) is 6.54 Å². The highest BCUT2D eigenvalue weighted by Crippen LogP contribution is 2.14. The van der Waals surface area contributed by atoms with Gasteiger partial charge in [-0.2, -0.15) is 0 Å². The fraction of sp³-hybridized carbons (Fsp3) is 0.375. The minimum absolute atomic E-state index is 0.355. The molecule has 1 aromatic carbocycles. The zero-order valence-corrected chi connectivity index (χ0v) is 12.6. The van der Waals surface area contributed by atoms with Gasteiger partial charge in [-0.25, -0.2) is 9.97 Å². The second-order valence-electron chi connectivity index (χ2n) is 5.26. The van der Waals surface area contributed by atoms with E-state index in [2.05, 4.69) is 65.6 Å². The lowest BCUT2D eigenvalue weighted by Crippen LogP contribution is -2.13. The molecule has 0 radical (unpaired) electrons. The standard InChI is InChI=1S/C16H22N4/c1-11(2)18-16-9-15(19-13(4)20-16)17-10-14-8-6-5-7-12(14)3/h5-9,11H,10H2,1-4H3,(H2,17,18,19,20). The zero-order valence-electron chi connectivity index (χ0n) is 12.6. The Bertz CT molecular complexity index is 578. The number of anilines is 2. The summed E-state index contributed by atoms with van der Waals surface area (Å²) in [5.41, 5.74) is 2.56. The third-order valence-electron chi connectivity index (χ3n) is 3.00. The van der Waals surface area contributed by atoms with E-state index in [1.807, 2.05) is 13.0 Å². The molecule has 0 amide bonds. The molecular weight excluding hydrogens is 248 g/mol. The lowest BCUT2D eigenvalue weighted by molar-refractivity contribution is 0.880. The molecule has 1 heterocycles. The fourth-order valence-electron chi connectivity index (χ4n) is 2.02. The van der Waals surface area contributed by atoms with Crippen LogP contribution in [0.3, 0.4) is 0 Å². The molecule has 0 spiro atoms. The predicted octanol–water partition coefficient (Wildman–Crippen LogP) is 3.53. The van der Waals surface area contributed by atoms with E-state index in [9.17, 15) is 0 Å². The quantitative estimate of drug-likeness (QED) is 0.872. The molecule has 1 aromatic heterocycles. The van der Waals surface area contributed by atoms with E-state index < -0.39 is 0 Å². The van der Waals surface area contributed by atoms with Crippen molar-refractivity contribution in [3.8, 4) is 0 Å². The van der Waals surface area contributed by atoms with Crippen molar-refractivity contribution < 1.29 is 0 Å². The Kier molecular flexibility index (Phi) is 4.56. The molecule has 0 saturated heterocycles. The van der Waals surface area contributed by atoms with Gasteiger partial charge < -0.3 is 10.6 Å². The van der Waals surface area contributed by atoms with Gasteiger partial charge in [0.1, 0.15) is 17.5 Å². The molecular formula is C16H22N4. The van der Waals surface area contributed by atoms with Crippen LogP contribution in [-0.4, -0.2) is 16.0 Å². The third-order valence-corrected chi connectivity index (χ3v) is 3.00. The smallest absolute Gasteiger partial charge is 0.132 e. The Balaban J connectivity index is 2.09. The predicted molar refractivity (Wildman–Crippen MR) is 84.0 cm³/mol. The Morgan fingerprint density at radius 2 is 1.75 bits per heavy atom. The third kappa shape index (κ3) is 3.95. The van der Waals surface area contributed by atoms with Crippen LogP contribution in [0, 0.1) is 13.8 Å². The zero-order chi connectivity index (χ0) is 14.5. The average Bonchev–Trinajstić information content (AvgIpc) is 2.36. The van der Waals surface area contributed by atoms with Gasteiger partial charge in [0.25, 0.3) is 0 Å². The summed E-state index contributed by atoms with van der Waals surface area (Å²) in [6.45, 7) is 8.98. The van der Waals surface area contributed by atoms with Gasteiger partial charge in [0, 0.05) is 18.7 Å². The molecule has 0 aliphatic carbocycles. The van der Waals surface area contributed by atoms with Crippen LogP contribution in [0.2, 0.25) is 0 Å². The normalized spacial score (nSPS) is 10.7. The lowest BCUT2D eigenvalue weighted by Gasteiger charge is -2.12. The lowest BCUT2D eigenvalue weighted by atomic mass is 10.1. The molecule has 20 heavy (non-hydrogen) atoms. The molecule has 0 aliphatic heterocycles. The van der Waals surface area contributed by atoms with E-state index in [0.717, 1.165) is 24.0 Å². The fourth-order valence-corrected chi connectivity index (χ4v) is 2.02. The summed E-state index contributed by atoms with van der Waals surface area (Å²) >= 11 is 0. The van der Waals surface area contributed by atoms with Gasteiger partial charge in [0.15, 0.2) is 0 Å². The molecule has 0 unspecified atom stereocenters. The van der Waals surface area contributed by atoms with Gasteiger partial charge in [-0.1, -0.05) is 24.3 Å². The summed E-state index contributed by atoms with van der Waals surface area (Å²) in [7, 11) is 0. The van der Waals surface area contributed by atoms with E-state index in [4.69, 9.17) is 0 Å². The topological polar surface area (TPSA) is 49.8 Å². The van der Waals surface area contributed by atoms with Crippen LogP contribution < -0.4 is 10.6 Å². The van der Waals surface area contributed by atoms with Gasteiger partial charge in [-0.15, -0.1) is 0 Å². The van der Waals surface area contributed by atoms with E-state index in [1.165, 1.54) is 11.1 Å². The van der Waals surface area contributed by atoms with Crippen molar-refractivity contribution in [1.29, 1.82) is 0 Å². The van der Waals surface area contributed by atoms with E-state index >= 15 is 0 Å². The highest BCUT2D eigenvalue weighted by atomic mass is 15.1. The first kappa shape index (κ1) is 14.3. The molecule has 4 heteroatoms. The van der Waals surface area contributed by atoms with Crippen molar-refractivity contribution in [2.24, 2.45) is 0 Å². The van der Waals surface area contributed by atoms with Crippen LogP contribution in [0.4, 0.5) is 11.6 Å². The van der Waals surface area contributed by atoms with Crippen molar-refractivity contribution in [2.45, 2.75) is 40.3 Å². The molecule has 0 fully saturated rings. The number of nitrogens with zero attached hydrogens (tertiary/aromatic N) is 2. The summed E-state index contributed by atoms with van der Waals surface area (Å²) in [6.07, 6.45) is 0. The minimum Gasteiger partial charge on any atom is -0.368 e. The molecule has 2 rings (SSSR count). The molecule has 2 aromatic rings. The summed E-state index contributed by atoms with van der Waals surface area (Å²) in [4.78, 5) is 8.81. The van der Waals surface area contributed by atoms with Crippen molar-refractivity contribution in [1.82, 2.24) is 9.97 Å². The number of nitrogens with one attached hydrogen (secondary N) is 2. The molecule has 4 nitrogen and oxygen atoms in total. The first-order valence-electron chi connectivity index (χ1n) is 6.95. The Morgan fingerprint density at radius 3 is 2.45 bits per heavy atom. The van der Waals surface area contributed by atoms with E-state index in [-0.39, 0.29) is 0 Å². The van der Waals surface area contributed by atoms with Gasteiger partial charge in [0.05, 0.1) is 0 Å². The first-order valence-corrected chi connectivity index (χ1v) is 6.95. The highest BCUT2D eigenvalue weighted by molar-refractivity contribution is 5.48. The average molecular weight is 270 g/mol. The monoisotopic (exact) mass is 270 g/mol. The Labute approximate surface area is 120 Å².